The third-order valence-electron chi connectivity index (χ3n) is 4.58. The Labute approximate surface area is 179 Å². The van der Waals surface area contributed by atoms with Gasteiger partial charge in [-0.3, -0.25) is 0 Å². The van der Waals surface area contributed by atoms with E-state index in [4.69, 9.17) is 9.47 Å². The van der Waals surface area contributed by atoms with Crippen LogP contribution in [0.5, 0.6) is 11.5 Å². The van der Waals surface area contributed by atoms with Crippen LogP contribution >= 0.6 is 18.0 Å². The van der Waals surface area contributed by atoms with E-state index in [1.807, 2.05) is 0 Å². The molecule has 7 heteroatoms. The van der Waals surface area contributed by atoms with Crippen molar-refractivity contribution in [3.8, 4) is 11.5 Å². The van der Waals surface area contributed by atoms with Crippen molar-refractivity contribution in [1.82, 2.24) is 0 Å². The molecule has 0 radical (unpaired) electrons. The van der Waals surface area contributed by atoms with Crippen LogP contribution < -0.4 is 18.4 Å². The molecule has 2 aliphatic heterocycles. The number of methoxy groups -OCH3 is 2. The van der Waals surface area contributed by atoms with Crippen LogP contribution in [0.1, 0.15) is 50.7 Å². The molecule has 2 aliphatic rings. The summed E-state index contributed by atoms with van der Waals surface area (Å²) in [5.41, 5.74) is 3.04. The van der Waals surface area contributed by atoms with E-state index < -0.39 is 11.0 Å². The third-order valence-corrected chi connectivity index (χ3v) is 61.3. The van der Waals surface area contributed by atoms with Gasteiger partial charge < -0.3 is 0 Å². The van der Waals surface area contributed by atoms with Crippen LogP contribution in [0.3, 0.4) is 0 Å². The molecule has 2 aromatic rings. The third kappa shape index (κ3) is 3.85. The maximum absolute atomic E-state index is 5.62. The van der Waals surface area contributed by atoms with Crippen molar-refractivity contribution in [2.45, 2.75) is 49.3 Å². The zero-order valence-corrected chi connectivity index (χ0v) is 23.7. The molecule has 0 saturated carbocycles. The molecule has 1 spiro atoms. The van der Waals surface area contributed by atoms with Crippen LogP contribution in [-0.2, 0) is 0 Å². The summed E-state index contributed by atoms with van der Waals surface area (Å²) in [4.78, 5) is 3.05. The van der Waals surface area contributed by atoms with Gasteiger partial charge in [0.05, 0.1) is 0 Å². The molecule has 0 N–H and O–H groups in total. The first kappa shape index (κ1) is 20.8. The molecule has 27 heavy (non-hydrogen) atoms. The summed E-state index contributed by atoms with van der Waals surface area (Å²) in [5, 5.41) is 0. The van der Waals surface area contributed by atoms with E-state index in [2.05, 4.69) is 69.9 Å². The van der Waals surface area contributed by atoms with Crippen molar-refractivity contribution in [2.24, 2.45) is 0 Å². The van der Waals surface area contributed by atoms with Gasteiger partial charge >= 0.3 is 181 Å². The van der Waals surface area contributed by atoms with E-state index in [0.29, 0.717) is 35.4 Å². The quantitative estimate of drug-likeness (QED) is 0.469. The molecule has 2 nitrogen and oxygen atoms in total. The average Bonchev–Trinajstić information content (AvgIpc) is 3.17. The Morgan fingerprint density at radius 1 is 0.741 bits per heavy atom. The van der Waals surface area contributed by atoms with Gasteiger partial charge in [0.2, 0.25) is 0 Å². The molecule has 4 rings (SSSR count). The SMILES string of the molecule is COc1cc2c(c(C(C)C)c1)[Se][Te]1(S2)Sc2cc(OC)cc(C(C)C)c2[Se]1. The van der Waals surface area contributed by atoms with Crippen LogP contribution in [0.4, 0.5) is 0 Å². The fourth-order valence-electron chi connectivity index (χ4n) is 3.12. The molecule has 146 valence electrons. The normalized spacial score (nSPS) is 18.1. The molecule has 0 atom stereocenters. The summed E-state index contributed by atoms with van der Waals surface area (Å²) < 4.78 is 14.6. The van der Waals surface area contributed by atoms with Gasteiger partial charge in [0.15, 0.2) is 0 Å². The summed E-state index contributed by atoms with van der Waals surface area (Å²) in [6.07, 6.45) is 0. The summed E-state index contributed by atoms with van der Waals surface area (Å²) in [5.74, 6) is 3.17. The van der Waals surface area contributed by atoms with E-state index in [-0.39, 0.29) is 0 Å². The molecule has 0 saturated heterocycles. The van der Waals surface area contributed by atoms with Crippen molar-refractivity contribution in [3.63, 3.8) is 0 Å². The van der Waals surface area contributed by atoms with Crippen LogP contribution in [0.15, 0.2) is 34.1 Å². The Bertz CT molecular complexity index is 829. The predicted octanol–water partition coefficient (Wildman–Crippen LogP) is 3.96. The van der Waals surface area contributed by atoms with E-state index in [0.717, 1.165) is 11.5 Å². The second-order valence-corrected chi connectivity index (χ2v) is 63.0. The molecule has 2 aromatic carbocycles. The molecular weight excluding hydrogens is 622 g/mol. The van der Waals surface area contributed by atoms with Gasteiger partial charge in [-0.2, -0.15) is 0 Å². The van der Waals surface area contributed by atoms with E-state index >= 15 is 0 Å². The molecule has 2 heterocycles. The zero-order valence-electron chi connectivity index (χ0n) is 16.3. The molecule has 0 unspecified atom stereocenters. The van der Waals surface area contributed by atoms with Crippen molar-refractivity contribution in [3.05, 3.63) is 35.4 Å². The van der Waals surface area contributed by atoms with Gasteiger partial charge in [0.25, 0.3) is 0 Å². The Hall–Kier alpha value is 0.569. The predicted molar refractivity (Wildman–Crippen MR) is 122 cm³/mol. The molecule has 0 bridgehead atoms. The number of rotatable bonds is 4. The van der Waals surface area contributed by atoms with E-state index in [9.17, 15) is 0 Å². The van der Waals surface area contributed by atoms with Crippen LogP contribution in [0, 0.1) is 0 Å². The van der Waals surface area contributed by atoms with Crippen molar-refractivity contribution < 1.29 is 9.47 Å². The minimum absolute atomic E-state index is 0.557. The van der Waals surface area contributed by atoms with Crippen LogP contribution in [0.25, 0.3) is 0 Å². The topological polar surface area (TPSA) is 18.5 Å². The second kappa shape index (κ2) is 8.01. The molecule has 0 amide bonds. The fraction of sp³-hybridized carbons (Fsp3) is 0.400. The number of fused-ring (bicyclic) bond motifs is 2. The summed E-state index contributed by atoms with van der Waals surface area (Å²) >= 11 is 1.28. The van der Waals surface area contributed by atoms with Gasteiger partial charge in [-0.1, -0.05) is 0 Å². The maximum atomic E-state index is 5.62. The Balaban J connectivity index is 1.74. The standard InChI is InChI=1S/C20H24O2S2Se2Te/c1-11(2)15-7-13(21-5)9-17-19(15)25-27(23-17)24-18-10-14(22-6)8-16(12(3)4)20(18)26-27/h7-12H,1-6H3. The van der Waals surface area contributed by atoms with Gasteiger partial charge in [0, 0.05) is 0 Å². The van der Waals surface area contributed by atoms with Gasteiger partial charge in [-0.15, -0.1) is 0 Å². The van der Waals surface area contributed by atoms with Gasteiger partial charge in [0.1, 0.15) is 0 Å². The van der Waals surface area contributed by atoms with Crippen molar-refractivity contribution >= 4 is 61.4 Å². The first-order valence-electron chi connectivity index (χ1n) is 8.90. The number of ether oxygens (including phenoxy) is 2. The van der Waals surface area contributed by atoms with Gasteiger partial charge in [-0.05, 0) is 0 Å². The van der Waals surface area contributed by atoms with Gasteiger partial charge in [-0.25, -0.2) is 0 Å². The Morgan fingerprint density at radius 3 is 1.48 bits per heavy atom. The molecule has 0 fully saturated rings. The van der Waals surface area contributed by atoms with Crippen LogP contribution in [-0.4, -0.2) is 48.7 Å². The fourth-order valence-corrected chi connectivity index (χ4v) is 75.7. The minimum atomic E-state index is -2.10. The molecule has 0 aromatic heterocycles. The number of hydrogen-bond donors (Lipinski definition) is 0. The van der Waals surface area contributed by atoms with Crippen molar-refractivity contribution in [2.75, 3.05) is 14.2 Å². The van der Waals surface area contributed by atoms with E-state index in [1.165, 1.54) is 20.9 Å². The van der Waals surface area contributed by atoms with Crippen LogP contribution in [0.2, 0.25) is 0 Å². The molecule has 0 aliphatic carbocycles. The van der Waals surface area contributed by atoms with E-state index in [1.54, 1.807) is 23.1 Å². The zero-order chi connectivity index (χ0) is 19.3. The summed E-state index contributed by atoms with van der Waals surface area (Å²) in [6.45, 7) is 9.27. The monoisotopic (exact) mass is 650 g/mol. The second-order valence-electron chi connectivity index (χ2n) is 7.14. The Morgan fingerprint density at radius 2 is 1.15 bits per heavy atom. The van der Waals surface area contributed by atoms with Crippen molar-refractivity contribution in [1.29, 1.82) is 0 Å². The average molecular weight is 646 g/mol. The molecular formula is C20H24O2S2Se2Te. The summed E-state index contributed by atoms with van der Waals surface area (Å²) in [7, 11) is 6.05. The number of benzene rings is 2. The summed E-state index contributed by atoms with van der Waals surface area (Å²) in [6, 6.07) is 9.18. The first-order valence-corrected chi connectivity index (χ1v) is 29.1. The first-order chi connectivity index (χ1) is 12.9. The Kier molecular flexibility index (Phi) is 6.18. The number of hydrogen-bond acceptors (Lipinski definition) is 4.